The highest BCUT2D eigenvalue weighted by molar-refractivity contribution is 6.17. The average Bonchev–Trinajstić information content (AvgIpc) is 3.70. The van der Waals surface area contributed by atoms with Crippen LogP contribution in [0.1, 0.15) is 0 Å². The molecule has 0 amide bonds. The molecule has 0 aliphatic rings. The minimum Gasteiger partial charge on any atom is -0.309 e. The Balaban J connectivity index is 1.22. The molecule has 0 aliphatic heterocycles. The van der Waals surface area contributed by atoms with Gasteiger partial charge < -0.3 is 9.47 Å². The van der Waals surface area contributed by atoms with Crippen LogP contribution in [0.3, 0.4) is 0 Å². The van der Waals surface area contributed by atoms with Crippen molar-refractivity contribution in [2.24, 2.45) is 0 Å². The second-order valence-corrected chi connectivity index (χ2v) is 15.7. The van der Waals surface area contributed by atoms with E-state index in [1.54, 1.807) is 0 Å². The predicted octanol–water partition coefficient (Wildman–Crippen LogP) is 16.6. The number of anilines is 3. The quantitative estimate of drug-likeness (QED) is 0.141. The van der Waals surface area contributed by atoms with E-state index in [0.29, 0.717) is 0 Å². The summed E-state index contributed by atoms with van der Waals surface area (Å²) in [7, 11) is 0. The van der Waals surface area contributed by atoms with Gasteiger partial charge in [-0.3, -0.25) is 0 Å². The van der Waals surface area contributed by atoms with Crippen LogP contribution in [0, 0.1) is 0 Å². The topological polar surface area (TPSA) is 8.17 Å². The van der Waals surface area contributed by atoms with Gasteiger partial charge in [-0.1, -0.05) is 212 Å². The van der Waals surface area contributed by atoms with Crippen molar-refractivity contribution >= 4 is 38.9 Å². The first-order valence-electron chi connectivity index (χ1n) is 21.3. The zero-order valence-corrected chi connectivity index (χ0v) is 34.1. The van der Waals surface area contributed by atoms with Gasteiger partial charge in [0.05, 0.1) is 28.1 Å². The SMILES string of the molecule is c1ccc(-c2ccc(N(c3cc(-c4ccccc4)ccc3-c3ccccc3)c3cccc4c3c3ccccc3n4-c3cccc(-c4ccccc4)c3-c3ccccc3)cc2)cc1. The lowest BCUT2D eigenvalue weighted by Gasteiger charge is -2.29. The zero-order valence-electron chi connectivity index (χ0n) is 34.1. The molecule has 11 rings (SSSR count). The number of para-hydroxylation sites is 1. The van der Waals surface area contributed by atoms with E-state index >= 15 is 0 Å². The maximum absolute atomic E-state index is 2.49. The van der Waals surface area contributed by atoms with Crippen LogP contribution in [-0.2, 0) is 0 Å². The maximum Gasteiger partial charge on any atom is 0.0562 e. The van der Waals surface area contributed by atoms with Crippen LogP contribution in [0.25, 0.3) is 83.1 Å². The molecule has 0 saturated carbocycles. The number of hydrogen-bond donors (Lipinski definition) is 0. The van der Waals surface area contributed by atoms with Crippen molar-refractivity contribution in [1.82, 2.24) is 4.57 Å². The van der Waals surface area contributed by atoms with E-state index in [2.05, 4.69) is 264 Å². The fourth-order valence-electron chi connectivity index (χ4n) is 9.17. The van der Waals surface area contributed by atoms with Crippen molar-refractivity contribution in [2.75, 3.05) is 4.90 Å². The molecule has 1 heterocycles. The van der Waals surface area contributed by atoms with Gasteiger partial charge in [0, 0.05) is 27.6 Å². The van der Waals surface area contributed by atoms with Crippen molar-refractivity contribution in [2.45, 2.75) is 0 Å². The van der Waals surface area contributed by atoms with Gasteiger partial charge in [-0.2, -0.15) is 0 Å². The van der Waals surface area contributed by atoms with Crippen LogP contribution in [0.5, 0.6) is 0 Å². The summed E-state index contributed by atoms with van der Waals surface area (Å²) in [6.07, 6.45) is 0. The van der Waals surface area contributed by atoms with E-state index in [4.69, 9.17) is 0 Å². The van der Waals surface area contributed by atoms with E-state index in [9.17, 15) is 0 Å². The van der Waals surface area contributed by atoms with Gasteiger partial charge in [0.15, 0.2) is 0 Å². The first-order chi connectivity index (χ1) is 30.8. The summed E-state index contributed by atoms with van der Waals surface area (Å²) >= 11 is 0. The molecule has 0 radical (unpaired) electrons. The summed E-state index contributed by atoms with van der Waals surface area (Å²) in [6, 6.07) is 92.2. The number of fused-ring (bicyclic) bond motifs is 3. The van der Waals surface area contributed by atoms with Gasteiger partial charge in [-0.15, -0.1) is 0 Å². The van der Waals surface area contributed by atoms with Gasteiger partial charge >= 0.3 is 0 Å². The fraction of sp³-hybridized carbons (Fsp3) is 0. The van der Waals surface area contributed by atoms with Gasteiger partial charge in [-0.25, -0.2) is 0 Å². The minimum absolute atomic E-state index is 1.08. The van der Waals surface area contributed by atoms with Crippen molar-refractivity contribution in [1.29, 1.82) is 0 Å². The Bertz CT molecular complexity index is 3300. The van der Waals surface area contributed by atoms with Crippen LogP contribution < -0.4 is 4.90 Å². The minimum atomic E-state index is 1.08. The highest BCUT2D eigenvalue weighted by Gasteiger charge is 2.25. The molecule has 0 saturated heterocycles. The smallest absolute Gasteiger partial charge is 0.0562 e. The van der Waals surface area contributed by atoms with E-state index in [0.717, 1.165) is 50.5 Å². The van der Waals surface area contributed by atoms with Crippen LogP contribution in [0.15, 0.2) is 255 Å². The number of benzene rings is 10. The summed E-state index contributed by atoms with van der Waals surface area (Å²) in [5.74, 6) is 0. The molecule has 11 aromatic rings. The third kappa shape index (κ3) is 6.65. The largest absolute Gasteiger partial charge is 0.309 e. The molecule has 0 fully saturated rings. The lowest BCUT2D eigenvalue weighted by atomic mass is 9.93. The summed E-state index contributed by atoms with van der Waals surface area (Å²) in [4.78, 5) is 2.49. The van der Waals surface area contributed by atoms with Crippen molar-refractivity contribution in [3.63, 3.8) is 0 Å². The normalized spacial score (nSPS) is 11.2. The molecule has 2 heteroatoms. The Morgan fingerprint density at radius 3 is 1.42 bits per heavy atom. The van der Waals surface area contributed by atoms with Crippen LogP contribution in [0.4, 0.5) is 17.1 Å². The molecule has 62 heavy (non-hydrogen) atoms. The Kier molecular flexibility index (Phi) is 9.57. The third-order valence-corrected chi connectivity index (χ3v) is 12.0. The number of nitrogens with zero attached hydrogens (tertiary/aromatic N) is 2. The number of aromatic nitrogens is 1. The molecule has 292 valence electrons. The molecule has 0 N–H and O–H groups in total. The fourth-order valence-corrected chi connectivity index (χ4v) is 9.17. The summed E-state index contributed by atoms with van der Waals surface area (Å²) in [5, 5.41) is 2.37. The van der Waals surface area contributed by atoms with Crippen LogP contribution in [-0.4, -0.2) is 4.57 Å². The summed E-state index contributed by atoms with van der Waals surface area (Å²) in [5.41, 5.74) is 18.5. The number of rotatable bonds is 9. The summed E-state index contributed by atoms with van der Waals surface area (Å²) < 4.78 is 2.48. The lowest BCUT2D eigenvalue weighted by Crippen LogP contribution is -2.12. The second kappa shape index (κ2) is 16.1. The molecule has 1 aromatic heterocycles. The van der Waals surface area contributed by atoms with E-state index in [1.165, 1.54) is 49.7 Å². The number of hydrogen-bond acceptors (Lipinski definition) is 1. The molecule has 0 atom stereocenters. The monoisotopic (exact) mass is 790 g/mol. The van der Waals surface area contributed by atoms with Crippen LogP contribution in [0.2, 0.25) is 0 Å². The molecule has 2 nitrogen and oxygen atoms in total. The second-order valence-electron chi connectivity index (χ2n) is 15.7. The average molecular weight is 791 g/mol. The standard InChI is InChI=1S/C60H42N2/c1-6-20-43(21-7-1)45-36-39-50(40-37-45)61(58-42-49(44-22-8-2-9-23-44)38-41-51(58)46-24-10-3-11-25-46)56-34-19-35-57-60(56)53-30-16-17-32-54(53)62(57)55-33-18-31-52(47-26-12-4-13-27-47)59(55)48-28-14-5-15-29-48/h1-42H. The Morgan fingerprint density at radius 2 is 0.774 bits per heavy atom. The maximum atomic E-state index is 2.49. The lowest BCUT2D eigenvalue weighted by molar-refractivity contribution is 1.18. The summed E-state index contributed by atoms with van der Waals surface area (Å²) in [6.45, 7) is 0. The van der Waals surface area contributed by atoms with Gasteiger partial charge in [-0.05, 0) is 87.0 Å². The molecule has 0 bridgehead atoms. The highest BCUT2D eigenvalue weighted by Crippen LogP contribution is 2.49. The Labute approximate surface area is 362 Å². The first kappa shape index (κ1) is 36.8. The predicted molar refractivity (Wildman–Crippen MR) is 263 cm³/mol. The van der Waals surface area contributed by atoms with Crippen LogP contribution >= 0.6 is 0 Å². The highest BCUT2D eigenvalue weighted by atomic mass is 15.2. The Morgan fingerprint density at radius 1 is 0.290 bits per heavy atom. The molecular formula is C60H42N2. The van der Waals surface area contributed by atoms with Gasteiger partial charge in [0.2, 0.25) is 0 Å². The van der Waals surface area contributed by atoms with E-state index in [-0.39, 0.29) is 0 Å². The Hall–Kier alpha value is -8.20. The van der Waals surface area contributed by atoms with Crippen molar-refractivity contribution in [3.8, 4) is 61.3 Å². The molecule has 0 unspecified atom stereocenters. The molecule has 0 spiro atoms. The van der Waals surface area contributed by atoms with E-state index in [1.807, 2.05) is 0 Å². The molecule has 10 aromatic carbocycles. The molecule has 0 aliphatic carbocycles. The van der Waals surface area contributed by atoms with Gasteiger partial charge in [0.25, 0.3) is 0 Å². The first-order valence-corrected chi connectivity index (χ1v) is 21.3. The van der Waals surface area contributed by atoms with Crippen molar-refractivity contribution < 1.29 is 0 Å². The zero-order chi connectivity index (χ0) is 41.2. The van der Waals surface area contributed by atoms with Crippen molar-refractivity contribution in [3.05, 3.63) is 255 Å². The third-order valence-electron chi connectivity index (χ3n) is 12.0. The van der Waals surface area contributed by atoms with E-state index < -0.39 is 0 Å². The molecular weight excluding hydrogens is 749 g/mol. The van der Waals surface area contributed by atoms with Gasteiger partial charge in [0.1, 0.15) is 0 Å².